The Morgan fingerprint density at radius 3 is 2.82 bits per heavy atom. The Morgan fingerprint density at radius 1 is 1.47 bits per heavy atom. The van der Waals surface area contributed by atoms with Gasteiger partial charge in [0.05, 0.1) is 5.25 Å². The van der Waals surface area contributed by atoms with Crippen LogP contribution in [0.25, 0.3) is 0 Å². The van der Waals surface area contributed by atoms with Crippen molar-refractivity contribution in [3.63, 3.8) is 0 Å². The summed E-state index contributed by atoms with van der Waals surface area (Å²) in [5.41, 5.74) is 6.34. The Bertz CT molecular complexity index is 498. The molecule has 0 fully saturated rings. The fraction of sp³-hybridized carbons (Fsp3) is 0.250. The molecule has 1 aromatic heterocycles. The van der Waals surface area contributed by atoms with Gasteiger partial charge in [0, 0.05) is 31.5 Å². The molecule has 0 saturated carbocycles. The van der Waals surface area contributed by atoms with Crippen LogP contribution >= 0.6 is 11.8 Å². The van der Waals surface area contributed by atoms with Crippen LogP contribution in [0.2, 0.25) is 0 Å². The fourth-order valence-electron chi connectivity index (χ4n) is 1.57. The van der Waals surface area contributed by atoms with Gasteiger partial charge in [-0.3, -0.25) is 0 Å². The number of halogens is 1. The molecular weight excluding hydrogens is 237 g/mol. The van der Waals surface area contributed by atoms with Gasteiger partial charge in [-0.15, -0.1) is 0 Å². The molecule has 3 nitrogen and oxygen atoms in total. The maximum Gasteiger partial charge on any atom is 0.168 e. The minimum Gasteiger partial charge on any atom is -0.329 e. The van der Waals surface area contributed by atoms with Crippen LogP contribution in [0.1, 0.15) is 10.8 Å². The minimum absolute atomic E-state index is 0.114. The van der Waals surface area contributed by atoms with Crippen LogP contribution in [0.4, 0.5) is 4.39 Å². The Morgan fingerprint density at radius 2 is 2.24 bits per heavy atom. The third kappa shape index (κ3) is 2.68. The quantitative estimate of drug-likeness (QED) is 0.848. The van der Waals surface area contributed by atoms with Crippen LogP contribution in [0, 0.1) is 5.82 Å². The van der Waals surface area contributed by atoms with Gasteiger partial charge in [0.25, 0.3) is 0 Å². The SMILES string of the molecule is Cn1ccnc1SC(CN)c1ccccc1F. The van der Waals surface area contributed by atoms with E-state index in [1.165, 1.54) is 17.8 Å². The third-order valence-corrected chi connectivity index (χ3v) is 3.83. The summed E-state index contributed by atoms with van der Waals surface area (Å²) in [7, 11) is 1.91. The van der Waals surface area contributed by atoms with Crippen molar-refractivity contribution in [2.24, 2.45) is 12.8 Å². The predicted molar refractivity (Wildman–Crippen MR) is 67.3 cm³/mol. The summed E-state index contributed by atoms with van der Waals surface area (Å²) in [5, 5.41) is 0.723. The molecule has 0 bridgehead atoms. The number of thioether (sulfide) groups is 1. The number of hydrogen-bond acceptors (Lipinski definition) is 3. The molecule has 17 heavy (non-hydrogen) atoms. The summed E-state index contributed by atoms with van der Waals surface area (Å²) in [6.07, 6.45) is 3.58. The van der Waals surface area contributed by atoms with E-state index in [1.807, 2.05) is 23.9 Å². The molecule has 1 heterocycles. The van der Waals surface area contributed by atoms with E-state index in [2.05, 4.69) is 4.98 Å². The molecule has 1 atom stereocenters. The third-order valence-electron chi connectivity index (χ3n) is 2.49. The summed E-state index contributed by atoms with van der Waals surface area (Å²) in [5.74, 6) is -0.218. The van der Waals surface area contributed by atoms with Gasteiger partial charge >= 0.3 is 0 Å². The molecule has 0 aliphatic heterocycles. The normalized spacial score (nSPS) is 12.6. The van der Waals surface area contributed by atoms with E-state index in [4.69, 9.17) is 5.73 Å². The Kier molecular flexibility index (Phi) is 3.81. The van der Waals surface area contributed by atoms with Gasteiger partial charge in [0.2, 0.25) is 0 Å². The van der Waals surface area contributed by atoms with Crippen molar-refractivity contribution in [2.45, 2.75) is 10.4 Å². The molecule has 2 aromatic rings. The van der Waals surface area contributed by atoms with Crippen LogP contribution < -0.4 is 5.73 Å². The standard InChI is InChI=1S/C12H14FN3S/c1-16-7-6-15-12(16)17-11(8-14)9-4-2-3-5-10(9)13/h2-7,11H,8,14H2,1H3. The van der Waals surface area contributed by atoms with Crippen LogP contribution in [0.15, 0.2) is 41.8 Å². The average molecular weight is 251 g/mol. The van der Waals surface area contributed by atoms with Gasteiger partial charge in [-0.25, -0.2) is 9.37 Å². The Balaban J connectivity index is 2.23. The minimum atomic E-state index is -0.218. The fourth-order valence-corrected chi connectivity index (χ4v) is 2.59. The molecule has 0 spiro atoms. The molecule has 0 radical (unpaired) electrons. The Hall–Kier alpha value is -1.33. The summed E-state index contributed by atoms with van der Waals surface area (Å²) >= 11 is 1.48. The molecule has 5 heteroatoms. The van der Waals surface area contributed by atoms with Crippen molar-refractivity contribution in [1.29, 1.82) is 0 Å². The lowest BCUT2D eigenvalue weighted by molar-refractivity contribution is 0.607. The summed E-state index contributed by atoms with van der Waals surface area (Å²) in [6.45, 7) is 0.373. The first-order chi connectivity index (χ1) is 8.22. The molecule has 1 unspecified atom stereocenters. The van der Waals surface area contributed by atoms with Crippen molar-refractivity contribution in [3.8, 4) is 0 Å². The van der Waals surface area contributed by atoms with Gasteiger partial charge in [-0.05, 0) is 6.07 Å². The molecular formula is C12H14FN3S. The van der Waals surface area contributed by atoms with Crippen molar-refractivity contribution < 1.29 is 4.39 Å². The maximum atomic E-state index is 13.7. The molecule has 0 aliphatic rings. The zero-order valence-corrected chi connectivity index (χ0v) is 10.3. The second-order valence-electron chi connectivity index (χ2n) is 3.68. The lowest BCUT2D eigenvalue weighted by Crippen LogP contribution is -2.11. The van der Waals surface area contributed by atoms with Crippen LogP contribution in [0.5, 0.6) is 0 Å². The molecule has 1 aromatic carbocycles. The summed E-state index contributed by atoms with van der Waals surface area (Å²) < 4.78 is 15.6. The number of benzene rings is 1. The van der Waals surface area contributed by atoms with Crippen molar-refractivity contribution >= 4 is 11.8 Å². The van der Waals surface area contributed by atoms with Crippen molar-refractivity contribution in [2.75, 3.05) is 6.54 Å². The summed E-state index contributed by atoms with van der Waals surface area (Å²) in [4.78, 5) is 4.21. The van der Waals surface area contributed by atoms with Gasteiger partial charge in [0.15, 0.2) is 5.16 Å². The van der Waals surface area contributed by atoms with Crippen LogP contribution in [-0.4, -0.2) is 16.1 Å². The highest BCUT2D eigenvalue weighted by molar-refractivity contribution is 7.99. The van der Waals surface area contributed by atoms with Gasteiger partial charge < -0.3 is 10.3 Å². The van der Waals surface area contributed by atoms with E-state index in [0.717, 1.165) is 5.16 Å². The predicted octanol–water partition coefficient (Wildman–Crippen LogP) is 2.35. The first kappa shape index (κ1) is 12.1. The average Bonchev–Trinajstić information content (AvgIpc) is 2.73. The highest BCUT2D eigenvalue weighted by Crippen LogP contribution is 2.34. The molecule has 0 amide bonds. The second kappa shape index (κ2) is 5.33. The van der Waals surface area contributed by atoms with Gasteiger partial charge in [-0.2, -0.15) is 0 Å². The smallest absolute Gasteiger partial charge is 0.168 e. The molecule has 90 valence electrons. The van der Waals surface area contributed by atoms with Crippen molar-refractivity contribution in [3.05, 3.63) is 48.0 Å². The van der Waals surface area contributed by atoms with E-state index in [-0.39, 0.29) is 11.1 Å². The largest absolute Gasteiger partial charge is 0.329 e. The number of rotatable bonds is 4. The number of aryl methyl sites for hydroxylation is 1. The first-order valence-corrected chi connectivity index (χ1v) is 6.19. The Labute approximate surface area is 104 Å². The first-order valence-electron chi connectivity index (χ1n) is 5.31. The zero-order valence-electron chi connectivity index (χ0n) is 9.51. The molecule has 0 saturated heterocycles. The molecule has 0 aliphatic carbocycles. The van der Waals surface area contributed by atoms with E-state index in [0.29, 0.717) is 12.1 Å². The summed E-state index contributed by atoms with van der Waals surface area (Å²) in [6, 6.07) is 6.72. The lowest BCUT2D eigenvalue weighted by atomic mass is 10.1. The number of nitrogens with two attached hydrogens (primary N) is 1. The van der Waals surface area contributed by atoms with E-state index in [1.54, 1.807) is 18.3 Å². The number of aromatic nitrogens is 2. The number of hydrogen-bond donors (Lipinski definition) is 1. The van der Waals surface area contributed by atoms with Crippen molar-refractivity contribution in [1.82, 2.24) is 9.55 Å². The van der Waals surface area contributed by atoms with E-state index in [9.17, 15) is 4.39 Å². The lowest BCUT2D eigenvalue weighted by Gasteiger charge is -2.14. The zero-order chi connectivity index (χ0) is 12.3. The highest BCUT2D eigenvalue weighted by Gasteiger charge is 2.17. The van der Waals surface area contributed by atoms with Gasteiger partial charge in [-0.1, -0.05) is 30.0 Å². The van der Waals surface area contributed by atoms with Crippen LogP contribution in [0.3, 0.4) is 0 Å². The number of nitrogens with zero attached hydrogens (tertiary/aromatic N) is 2. The second-order valence-corrected chi connectivity index (χ2v) is 4.85. The maximum absolute atomic E-state index is 13.7. The monoisotopic (exact) mass is 251 g/mol. The van der Waals surface area contributed by atoms with Gasteiger partial charge in [0.1, 0.15) is 5.82 Å². The number of imidazole rings is 1. The van der Waals surface area contributed by atoms with E-state index < -0.39 is 0 Å². The van der Waals surface area contributed by atoms with Crippen LogP contribution in [-0.2, 0) is 7.05 Å². The molecule has 2 rings (SSSR count). The highest BCUT2D eigenvalue weighted by atomic mass is 32.2. The van der Waals surface area contributed by atoms with E-state index >= 15 is 0 Å². The molecule has 2 N–H and O–H groups in total. The topological polar surface area (TPSA) is 43.8 Å².